The van der Waals surface area contributed by atoms with Crippen LogP contribution in [-0.2, 0) is 0 Å². The molecule has 0 amide bonds. The van der Waals surface area contributed by atoms with E-state index < -0.39 is 10.8 Å². The first-order valence-electron chi connectivity index (χ1n) is 4.66. The molecule has 0 heterocycles. The standard InChI is InChI=1S/C10H10ClFN2O3.ClH/c11-9-5-8(14(15)16)1-2-10(9)17-6-7(12)3-4-13;/h1-3,5H,4,6,13H2;1H/b7-3+;. The topological polar surface area (TPSA) is 78.4 Å². The fourth-order valence-electron chi connectivity index (χ4n) is 1.05. The lowest BCUT2D eigenvalue weighted by molar-refractivity contribution is -0.384. The highest BCUT2D eigenvalue weighted by Crippen LogP contribution is 2.28. The average Bonchev–Trinajstić information content (AvgIpc) is 2.27. The van der Waals surface area contributed by atoms with E-state index in [0.29, 0.717) is 0 Å². The third kappa shape index (κ3) is 4.87. The molecule has 0 unspecified atom stereocenters. The highest BCUT2D eigenvalue weighted by atomic mass is 35.5. The molecule has 0 saturated carbocycles. The summed E-state index contributed by atoms with van der Waals surface area (Å²) in [4.78, 5) is 9.86. The minimum atomic E-state index is -0.579. The van der Waals surface area contributed by atoms with Gasteiger partial charge in [-0.15, -0.1) is 12.4 Å². The van der Waals surface area contributed by atoms with E-state index in [2.05, 4.69) is 0 Å². The second-order valence-corrected chi connectivity index (χ2v) is 3.45. The van der Waals surface area contributed by atoms with Crippen molar-refractivity contribution in [2.24, 2.45) is 5.73 Å². The molecule has 100 valence electrons. The van der Waals surface area contributed by atoms with Gasteiger partial charge in [-0.25, -0.2) is 4.39 Å². The van der Waals surface area contributed by atoms with E-state index in [1.54, 1.807) is 0 Å². The first-order valence-corrected chi connectivity index (χ1v) is 5.03. The van der Waals surface area contributed by atoms with Crippen LogP contribution in [0.3, 0.4) is 0 Å². The molecule has 0 aliphatic carbocycles. The van der Waals surface area contributed by atoms with Gasteiger partial charge in [0.25, 0.3) is 5.69 Å². The molecular weight excluding hydrogens is 286 g/mol. The van der Waals surface area contributed by atoms with Crippen molar-refractivity contribution in [3.63, 3.8) is 0 Å². The third-order valence-corrected chi connectivity index (χ3v) is 2.13. The van der Waals surface area contributed by atoms with Gasteiger partial charge in [0.15, 0.2) is 0 Å². The van der Waals surface area contributed by atoms with Crippen molar-refractivity contribution in [3.05, 3.63) is 45.2 Å². The lowest BCUT2D eigenvalue weighted by Gasteiger charge is -2.06. The first-order chi connectivity index (χ1) is 8.04. The number of non-ortho nitro benzene ring substituents is 1. The number of hydrogen-bond acceptors (Lipinski definition) is 4. The van der Waals surface area contributed by atoms with Crippen LogP contribution >= 0.6 is 24.0 Å². The molecule has 0 bridgehead atoms. The Kier molecular flexibility index (Phi) is 7.26. The van der Waals surface area contributed by atoms with Crippen LogP contribution in [0.1, 0.15) is 0 Å². The van der Waals surface area contributed by atoms with Crippen LogP contribution in [0.5, 0.6) is 5.75 Å². The van der Waals surface area contributed by atoms with E-state index in [1.165, 1.54) is 18.2 Å². The Morgan fingerprint density at radius 3 is 2.78 bits per heavy atom. The van der Waals surface area contributed by atoms with Crippen molar-refractivity contribution in [3.8, 4) is 5.75 Å². The van der Waals surface area contributed by atoms with Crippen LogP contribution in [0, 0.1) is 10.1 Å². The maximum atomic E-state index is 12.9. The number of hydrogen-bond donors (Lipinski definition) is 1. The number of nitrogens with zero attached hydrogens (tertiary/aromatic N) is 1. The molecule has 18 heavy (non-hydrogen) atoms. The molecule has 0 spiro atoms. The van der Waals surface area contributed by atoms with Gasteiger partial charge >= 0.3 is 0 Å². The third-order valence-electron chi connectivity index (χ3n) is 1.83. The van der Waals surface area contributed by atoms with Crippen molar-refractivity contribution in [1.82, 2.24) is 0 Å². The largest absolute Gasteiger partial charge is 0.485 e. The summed E-state index contributed by atoms with van der Waals surface area (Å²) in [5, 5.41) is 10.5. The number of nitro groups is 1. The van der Waals surface area contributed by atoms with E-state index in [0.717, 1.165) is 6.07 Å². The molecule has 8 heteroatoms. The predicted molar refractivity (Wildman–Crippen MR) is 69.1 cm³/mol. The van der Waals surface area contributed by atoms with Gasteiger partial charge in [-0.3, -0.25) is 10.1 Å². The van der Waals surface area contributed by atoms with Gasteiger partial charge in [-0.05, 0) is 12.1 Å². The van der Waals surface area contributed by atoms with Gasteiger partial charge in [-0.1, -0.05) is 11.6 Å². The van der Waals surface area contributed by atoms with Gasteiger partial charge in [0, 0.05) is 18.7 Å². The first kappa shape index (κ1) is 16.6. The smallest absolute Gasteiger partial charge is 0.271 e. The number of nitro benzene ring substituents is 1. The molecule has 1 aromatic carbocycles. The Bertz CT molecular complexity index is 455. The van der Waals surface area contributed by atoms with Crippen LogP contribution < -0.4 is 10.5 Å². The van der Waals surface area contributed by atoms with Crippen LogP contribution in [0.25, 0.3) is 0 Å². The summed E-state index contributed by atoms with van der Waals surface area (Å²) in [5.41, 5.74) is 4.96. The minimum Gasteiger partial charge on any atom is -0.485 e. The number of ether oxygens (including phenoxy) is 1. The SMILES string of the molecule is Cl.NC/C=C(/F)COc1ccc([N+](=O)[O-])cc1Cl. The normalized spacial score (nSPS) is 10.7. The second-order valence-electron chi connectivity index (χ2n) is 3.05. The summed E-state index contributed by atoms with van der Waals surface area (Å²) in [6.45, 7) is -0.238. The molecule has 0 atom stereocenters. The summed E-state index contributed by atoms with van der Waals surface area (Å²) >= 11 is 5.74. The van der Waals surface area contributed by atoms with E-state index in [9.17, 15) is 14.5 Å². The summed E-state index contributed by atoms with van der Waals surface area (Å²) in [6, 6.07) is 3.68. The fraction of sp³-hybridized carbons (Fsp3) is 0.200. The number of nitrogens with two attached hydrogens (primary N) is 1. The van der Waals surface area contributed by atoms with Gasteiger partial charge < -0.3 is 10.5 Å². The quantitative estimate of drug-likeness (QED) is 0.669. The molecular formula is C10H11Cl2FN2O3. The van der Waals surface area contributed by atoms with Crippen LogP contribution in [-0.4, -0.2) is 18.1 Å². The number of rotatable bonds is 5. The zero-order valence-corrected chi connectivity index (χ0v) is 10.7. The van der Waals surface area contributed by atoms with Crippen molar-refractivity contribution in [2.45, 2.75) is 0 Å². The predicted octanol–water partition coefficient (Wildman–Crippen LogP) is 2.86. The lowest BCUT2D eigenvalue weighted by Crippen LogP contribution is -2.02. The summed E-state index contributed by atoms with van der Waals surface area (Å²) in [7, 11) is 0. The molecule has 0 saturated heterocycles. The second kappa shape index (κ2) is 7.86. The zero-order valence-electron chi connectivity index (χ0n) is 9.14. The minimum absolute atomic E-state index is 0. The monoisotopic (exact) mass is 296 g/mol. The van der Waals surface area contributed by atoms with Gasteiger partial charge in [0.05, 0.1) is 9.95 Å². The van der Waals surface area contributed by atoms with Gasteiger partial charge in [0.1, 0.15) is 18.2 Å². The van der Waals surface area contributed by atoms with E-state index in [-0.39, 0.29) is 42.0 Å². The highest BCUT2D eigenvalue weighted by molar-refractivity contribution is 6.32. The number of benzene rings is 1. The van der Waals surface area contributed by atoms with E-state index >= 15 is 0 Å². The Morgan fingerprint density at radius 1 is 1.61 bits per heavy atom. The lowest BCUT2D eigenvalue weighted by atomic mass is 10.3. The molecule has 1 aromatic rings. The van der Waals surface area contributed by atoms with Crippen LogP contribution in [0.15, 0.2) is 30.1 Å². The van der Waals surface area contributed by atoms with Crippen molar-refractivity contribution in [1.29, 1.82) is 0 Å². The molecule has 0 aromatic heterocycles. The summed E-state index contributed by atoms with van der Waals surface area (Å²) < 4.78 is 18.0. The Hall–Kier alpha value is -1.37. The number of halogens is 3. The molecule has 1 rings (SSSR count). The molecule has 0 radical (unpaired) electrons. The molecule has 0 aliphatic heterocycles. The Labute approximate surface area is 114 Å². The Morgan fingerprint density at radius 2 is 2.28 bits per heavy atom. The fourth-order valence-corrected chi connectivity index (χ4v) is 1.28. The molecule has 0 aliphatic rings. The van der Waals surface area contributed by atoms with Crippen LogP contribution in [0.4, 0.5) is 10.1 Å². The highest BCUT2D eigenvalue weighted by Gasteiger charge is 2.10. The average molecular weight is 297 g/mol. The van der Waals surface area contributed by atoms with E-state index in [1.807, 2.05) is 0 Å². The molecule has 0 fully saturated rings. The molecule has 5 nitrogen and oxygen atoms in total. The van der Waals surface area contributed by atoms with Crippen molar-refractivity contribution < 1.29 is 14.1 Å². The van der Waals surface area contributed by atoms with Crippen molar-refractivity contribution >= 4 is 29.7 Å². The molecule has 2 N–H and O–H groups in total. The Balaban J connectivity index is 0.00000289. The van der Waals surface area contributed by atoms with Crippen molar-refractivity contribution in [2.75, 3.05) is 13.2 Å². The van der Waals surface area contributed by atoms with Gasteiger partial charge in [-0.2, -0.15) is 0 Å². The maximum absolute atomic E-state index is 12.9. The summed E-state index contributed by atoms with van der Waals surface area (Å²) in [6.07, 6.45) is 1.17. The van der Waals surface area contributed by atoms with Crippen LogP contribution in [0.2, 0.25) is 5.02 Å². The van der Waals surface area contributed by atoms with Gasteiger partial charge in [0.2, 0.25) is 0 Å². The van der Waals surface area contributed by atoms with E-state index in [4.69, 9.17) is 22.1 Å². The summed E-state index contributed by atoms with van der Waals surface area (Å²) in [5.74, 6) is -0.347. The zero-order chi connectivity index (χ0) is 12.8. The maximum Gasteiger partial charge on any atom is 0.271 e.